The molecule has 1 N–H and O–H groups in total. The van der Waals surface area contributed by atoms with Gasteiger partial charge in [-0.2, -0.15) is 0 Å². The molecule has 110 valence electrons. The topological polar surface area (TPSA) is 55.8 Å². The highest BCUT2D eigenvalue weighted by molar-refractivity contribution is 9.10. The number of rotatable bonds is 5. The molecule has 2 aromatic rings. The van der Waals surface area contributed by atoms with Gasteiger partial charge in [0.15, 0.2) is 0 Å². The third-order valence-corrected chi connectivity index (χ3v) is 3.44. The van der Waals surface area contributed by atoms with Crippen molar-refractivity contribution in [1.82, 2.24) is 0 Å². The molecule has 0 amide bonds. The van der Waals surface area contributed by atoms with Gasteiger partial charge in [0.2, 0.25) is 0 Å². The van der Waals surface area contributed by atoms with Gasteiger partial charge in [-0.15, -0.1) is 0 Å². The van der Waals surface area contributed by atoms with E-state index in [4.69, 9.17) is 14.6 Å². The summed E-state index contributed by atoms with van der Waals surface area (Å²) in [6, 6.07) is 8.60. The maximum atomic E-state index is 13.2. The maximum absolute atomic E-state index is 13.2. The third-order valence-electron chi connectivity index (χ3n) is 2.82. The highest BCUT2D eigenvalue weighted by Gasteiger charge is 2.12. The molecule has 6 heteroatoms. The molecule has 0 heterocycles. The molecule has 21 heavy (non-hydrogen) atoms. The summed E-state index contributed by atoms with van der Waals surface area (Å²) < 4.78 is 24.5. The second-order valence-corrected chi connectivity index (χ2v) is 5.05. The summed E-state index contributed by atoms with van der Waals surface area (Å²) in [5.41, 5.74) is 0.284. The molecule has 0 aliphatic carbocycles. The number of benzene rings is 2. The van der Waals surface area contributed by atoms with Crippen LogP contribution >= 0.6 is 15.9 Å². The minimum absolute atomic E-state index is 0.0148. The van der Waals surface area contributed by atoms with Crippen molar-refractivity contribution in [3.05, 3.63) is 57.8 Å². The minimum atomic E-state index is -1.12. The van der Waals surface area contributed by atoms with Gasteiger partial charge in [-0.3, -0.25) is 0 Å². The van der Waals surface area contributed by atoms with Crippen molar-refractivity contribution in [1.29, 1.82) is 0 Å². The van der Waals surface area contributed by atoms with Crippen LogP contribution in [0.4, 0.5) is 4.39 Å². The smallest absolute Gasteiger partial charge is 0.336 e. The quantitative estimate of drug-likeness (QED) is 0.885. The van der Waals surface area contributed by atoms with Crippen molar-refractivity contribution in [2.45, 2.75) is 6.61 Å². The van der Waals surface area contributed by atoms with Gasteiger partial charge < -0.3 is 14.6 Å². The van der Waals surface area contributed by atoms with Crippen molar-refractivity contribution in [3.63, 3.8) is 0 Å². The van der Waals surface area contributed by atoms with Gasteiger partial charge in [-0.05, 0) is 52.3 Å². The number of hydrogen-bond acceptors (Lipinski definition) is 3. The number of hydrogen-bond donors (Lipinski definition) is 1. The molecule has 0 aliphatic rings. The monoisotopic (exact) mass is 354 g/mol. The predicted molar refractivity (Wildman–Crippen MR) is 78.4 cm³/mol. The average Bonchev–Trinajstić information content (AvgIpc) is 2.45. The van der Waals surface area contributed by atoms with Crippen molar-refractivity contribution >= 4 is 21.9 Å². The molecular weight excluding hydrogens is 343 g/mol. The van der Waals surface area contributed by atoms with E-state index in [1.54, 1.807) is 25.3 Å². The first kappa shape index (κ1) is 15.3. The zero-order valence-electron chi connectivity index (χ0n) is 11.1. The van der Waals surface area contributed by atoms with Crippen molar-refractivity contribution in [3.8, 4) is 11.5 Å². The van der Waals surface area contributed by atoms with Gasteiger partial charge in [-0.25, -0.2) is 9.18 Å². The molecule has 0 aromatic heterocycles. The Morgan fingerprint density at radius 2 is 2.05 bits per heavy atom. The number of carbonyl (C=O) groups is 1. The Labute approximate surface area is 129 Å². The Morgan fingerprint density at radius 3 is 2.67 bits per heavy atom. The lowest BCUT2D eigenvalue weighted by molar-refractivity contribution is 0.0694. The van der Waals surface area contributed by atoms with Crippen molar-refractivity contribution < 1.29 is 23.8 Å². The van der Waals surface area contributed by atoms with E-state index in [9.17, 15) is 9.18 Å². The average molecular weight is 355 g/mol. The van der Waals surface area contributed by atoms with E-state index >= 15 is 0 Å². The maximum Gasteiger partial charge on any atom is 0.336 e. The van der Waals surface area contributed by atoms with Crippen LogP contribution in [0.15, 0.2) is 40.9 Å². The summed E-state index contributed by atoms with van der Waals surface area (Å²) in [5.74, 6) is -0.461. The van der Waals surface area contributed by atoms with Gasteiger partial charge >= 0.3 is 5.97 Å². The third kappa shape index (κ3) is 3.72. The van der Waals surface area contributed by atoms with Gasteiger partial charge in [0.25, 0.3) is 0 Å². The lowest BCUT2D eigenvalue weighted by atomic mass is 10.1. The van der Waals surface area contributed by atoms with E-state index in [1.807, 2.05) is 0 Å². The molecule has 0 atom stereocenters. The second-order valence-electron chi connectivity index (χ2n) is 4.19. The van der Waals surface area contributed by atoms with E-state index in [1.165, 1.54) is 6.07 Å². The molecule has 2 aromatic carbocycles. The number of halogens is 2. The van der Waals surface area contributed by atoms with Gasteiger partial charge in [0.1, 0.15) is 23.9 Å². The van der Waals surface area contributed by atoms with Crippen LogP contribution in [0.3, 0.4) is 0 Å². The summed E-state index contributed by atoms with van der Waals surface area (Å²) in [5, 5.41) is 9.07. The van der Waals surface area contributed by atoms with E-state index < -0.39 is 11.8 Å². The highest BCUT2D eigenvalue weighted by atomic mass is 79.9. The Morgan fingerprint density at radius 1 is 1.29 bits per heavy atom. The van der Waals surface area contributed by atoms with E-state index in [0.717, 1.165) is 12.1 Å². The molecule has 0 saturated heterocycles. The molecule has 0 spiro atoms. The van der Waals surface area contributed by atoms with Crippen molar-refractivity contribution in [2.24, 2.45) is 0 Å². The van der Waals surface area contributed by atoms with Gasteiger partial charge in [0, 0.05) is 5.56 Å². The number of carboxylic acids is 1. The Bertz CT molecular complexity index is 673. The fraction of sp³-hybridized carbons (Fsp3) is 0.133. The van der Waals surface area contributed by atoms with E-state index in [0.29, 0.717) is 16.0 Å². The van der Waals surface area contributed by atoms with Crippen LogP contribution in [-0.4, -0.2) is 18.2 Å². The van der Waals surface area contributed by atoms with Crippen LogP contribution in [-0.2, 0) is 6.61 Å². The fourth-order valence-electron chi connectivity index (χ4n) is 1.77. The molecule has 0 radical (unpaired) electrons. The summed E-state index contributed by atoms with van der Waals surface area (Å²) in [6.07, 6.45) is 0. The Kier molecular flexibility index (Phi) is 4.80. The first-order chi connectivity index (χ1) is 10.0. The number of carboxylic acid groups (broad SMARTS) is 1. The van der Waals surface area contributed by atoms with Crippen LogP contribution in [0, 0.1) is 5.82 Å². The van der Waals surface area contributed by atoms with Crippen LogP contribution in [0.2, 0.25) is 0 Å². The second kappa shape index (κ2) is 6.58. The zero-order valence-corrected chi connectivity index (χ0v) is 12.7. The SMILES string of the molecule is COc1ccc(OCc2cc(F)ccc2C(=O)O)c(Br)c1. The standard InChI is InChI=1S/C15H12BrFO4/c1-20-11-3-5-14(13(16)7-11)21-8-9-6-10(17)2-4-12(9)15(18)19/h2-7H,8H2,1H3,(H,18,19). The number of ether oxygens (including phenoxy) is 2. The number of methoxy groups -OCH3 is 1. The van der Waals surface area contributed by atoms with Crippen LogP contribution in [0.1, 0.15) is 15.9 Å². The van der Waals surface area contributed by atoms with Crippen LogP contribution in [0.25, 0.3) is 0 Å². The molecule has 4 nitrogen and oxygen atoms in total. The van der Waals surface area contributed by atoms with Gasteiger partial charge in [0.05, 0.1) is 17.1 Å². The van der Waals surface area contributed by atoms with E-state index in [2.05, 4.69) is 15.9 Å². The fourth-order valence-corrected chi connectivity index (χ4v) is 2.24. The summed E-state index contributed by atoms with van der Waals surface area (Å²) in [7, 11) is 1.55. The highest BCUT2D eigenvalue weighted by Crippen LogP contribution is 2.30. The molecule has 0 saturated carbocycles. The van der Waals surface area contributed by atoms with Crippen LogP contribution in [0.5, 0.6) is 11.5 Å². The first-order valence-corrected chi connectivity index (χ1v) is 6.78. The summed E-state index contributed by atoms with van der Waals surface area (Å²) >= 11 is 3.33. The normalized spacial score (nSPS) is 10.2. The minimum Gasteiger partial charge on any atom is -0.497 e. The molecule has 0 bridgehead atoms. The Balaban J connectivity index is 2.20. The lowest BCUT2D eigenvalue weighted by Crippen LogP contribution is -2.06. The zero-order chi connectivity index (χ0) is 15.4. The molecular formula is C15H12BrFO4. The first-order valence-electron chi connectivity index (χ1n) is 5.99. The molecule has 2 rings (SSSR count). The van der Waals surface area contributed by atoms with Gasteiger partial charge in [-0.1, -0.05) is 0 Å². The Hall–Kier alpha value is -2.08. The van der Waals surface area contributed by atoms with E-state index in [-0.39, 0.29) is 17.7 Å². The largest absolute Gasteiger partial charge is 0.497 e. The molecule has 0 aliphatic heterocycles. The van der Waals surface area contributed by atoms with Crippen LogP contribution < -0.4 is 9.47 Å². The molecule has 0 unspecified atom stereocenters. The number of aromatic carboxylic acids is 1. The lowest BCUT2D eigenvalue weighted by Gasteiger charge is -2.11. The summed E-state index contributed by atoms with van der Waals surface area (Å²) in [6.45, 7) is -0.0513. The molecule has 0 fully saturated rings. The summed E-state index contributed by atoms with van der Waals surface area (Å²) in [4.78, 5) is 11.1. The predicted octanol–water partition coefficient (Wildman–Crippen LogP) is 3.87. The van der Waals surface area contributed by atoms with Crippen molar-refractivity contribution in [2.75, 3.05) is 7.11 Å².